The van der Waals surface area contributed by atoms with Gasteiger partial charge < -0.3 is 5.32 Å². The van der Waals surface area contributed by atoms with E-state index in [1.807, 2.05) is 0 Å². The van der Waals surface area contributed by atoms with Crippen LogP contribution in [0.1, 0.15) is 6.92 Å². The Labute approximate surface area is 145 Å². The van der Waals surface area contributed by atoms with Crippen molar-refractivity contribution in [2.75, 3.05) is 17.4 Å². The summed E-state index contributed by atoms with van der Waals surface area (Å²) in [6.45, 7) is 1.65. The molecule has 0 saturated carbocycles. The first-order chi connectivity index (χ1) is 11.9. The van der Waals surface area contributed by atoms with E-state index in [1.165, 1.54) is 36.4 Å². The molecule has 0 aliphatic heterocycles. The van der Waals surface area contributed by atoms with Crippen LogP contribution in [-0.2, 0) is 14.8 Å². The molecule has 0 saturated heterocycles. The molecule has 0 heterocycles. The summed E-state index contributed by atoms with van der Waals surface area (Å²) in [7, 11) is -4.00. The minimum atomic E-state index is -4.00. The number of nitro benzene ring substituents is 1. The molecule has 0 aliphatic carbocycles. The monoisotopic (exact) mass is 363 g/mol. The summed E-state index contributed by atoms with van der Waals surface area (Å²) < 4.78 is 26.7. The molecular formula is C16H17N3O5S. The van der Waals surface area contributed by atoms with Crippen molar-refractivity contribution in [2.24, 2.45) is 0 Å². The van der Waals surface area contributed by atoms with Crippen molar-refractivity contribution in [1.82, 2.24) is 5.32 Å². The van der Waals surface area contributed by atoms with Crippen LogP contribution in [0.15, 0.2) is 59.5 Å². The van der Waals surface area contributed by atoms with E-state index in [1.54, 1.807) is 25.1 Å². The van der Waals surface area contributed by atoms with E-state index in [2.05, 4.69) is 5.32 Å². The van der Waals surface area contributed by atoms with Gasteiger partial charge in [0.25, 0.3) is 15.7 Å². The first kappa shape index (κ1) is 18.4. The molecule has 0 bridgehead atoms. The summed E-state index contributed by atoms with van der Waals surface area (Å²) in [5.74, 6) is -0.472. The van der Waals surface area contributed by atoms with E-state index in [9.17, 15) is 23.3 Å². The van der Waals surface area contributed by atoms with Gasteiger partial charge >= 0.3 is 0 Å². The molecule has 0 aromatic heterocycles. The number of amides is 1. The van der Waals surface area contributed by atoms with Crippen LogP contribution in [0.4, 0.5) is 11.4 Å². The number of hydrogen-bond donors (Lipinski definition) is 1. The first-order valence-electron chi connectivity index (χ1n) is 7.45. The Morgan fingerprint density at radius 1 is 1.12 bits per heavy atom. The van der Waals surface area contributed by atoms with Gasteiger partial charge in [0.05, 0.1) is 15.5 Å². The van der Waals surface area contributed by atoms with Crippen LogP contribution in [0.3, 0.4) is 0 Å². The fourth-order valence-corrected chi connectivity index (χ4v) is 3.60. The lowest BCUT2D eigenvalue weighted by Gasteiger charge is -2.23. The lowest BCUT2D eigenvalue weighted by molar-refractivity contribution is -0.384. The summed E-state index contributed by atoms with van der Waals surface area (Å²) >= 11 is 0. The van der Waals surface area contributed by atoms with Gasteiger partial charge in [-0.15, -0.1) is 0 Å². The van der Waals surface area contributed by atoms with Gasteiger partial charge in [0.15, 0.2) is 0 Å². The van der Waals surface area contributed by atoms with E-state index < -0.39 is 27.4 Å². The fraction of sp³-hybridized carbons (Fsp3) is 0.188. The number of likely N-dealkylation sites (N-methyl/N-ethyl adjacent to an activating group) is 1. The number of sulfonamides is 1. The minimum absolute atomic E-state index is 0.0256. The average Bonchev–Trinajstić information content (AvgIpc) is 2.60. The molecule has 0 unspecified atom stereocenters. The number of carbonyl (C=O) groups is 1. The van der Waals surface area contributed by atoms with Crippen LogP contribution in [0.25, 0.3) is 0 Å². The summed E-state index contributed by atoms with van der Waals surface area (Å²) in [6, 6.07) is 12.7. The average molecular weight is 363 g/mol. The zero-order valence-electron chi connectivity index (χ0n) is 13.5. The number of nitrogens with zero attached hydrogens (tertiary/aromatic N) is 2. The van der Waals surface area contributed by atoms with Crippen molar-refractivity contribution in [3.05, 3.63) is 64.7 Å². The van der Waals surface area contributed by atoms with Crippen molar-refractivity contribution in [3.63, 3.8) is 0 Å². The summed E-state index contributed by atoms with van der Waals surface area (Å²) in [5, 5.41) is 13.3. The molecule has 132 valence electrons. The van der Waals surface area contributed by atoms with E-state index in [-0.39, 0.29) is 16.3 Å². The molecule has 1 N–H and O–H groups in total. The second kappa shape index (κ2) is 7.75. The Bertz CT molecular complexity index is 851. The molecule has 0 fully saturated rings. The number of nitro groups is 1. The standard InChI is InChI=1S/C16H17N3O5S/c1-2-17-16(20)12-18(13-8-10-14(11-9-13)19(21)22)25(23,24)15-6-4-3-5-7-15/h3-11H,2,12H2,1H3,(H,17,20). The smallest absolute Gasteiger partial charge is 0.269 e. The number of rotatable bonds is 7. The van der Waals surface area contributed by atoms with Crippen LogP contribution in [0.5, 0.6) is 0 Å². The van der Waals surface area contributed by atoms with E-state index in [0.29, 0.717) is 6.54 Å². The third-order valence-electron chi connectivity index (χ3n) is 3.34. The van der Waals surface area contributed by atoms with Crippen LogP contribution in [0.2, 0.25) is 0 Å². The molecule has 9 heteroatoms. The van der Waals surface area contributed by atoms with Crippen molar-refractivity contribution in [1.29, 1.82) is 0 Å². The van der Waals surface area contributed by atoms with E-state index in [0.717, 1.165) is 4.31 Å². The van der Waals surface area contributed by atoms with Gasteiger partial charge in [-0.2, -0.15) is 0 Å². The highest BCUT2D eigenvalue weighted by Crippen LogP contribution is 2.25. The van der Waals surface area contributed by atoms with Gasteiger partial charge in [-0.25, -0.2) is 8.42 Å². The molecule has 0 atom stereocenters. The zero-order chi connectivity index (χ0) is 18.4. The Morgan fingerprint density at radius 3 is 2.24 bits per heavy atom. The lowest BCUT2D eigenvalue weighted by atomic mass is 10.3. The molecule has 8 nitrogen and oxygen atoms in total. The summed E-state index contributed by atoms with van der Waals surface area (Å²) in [4.78, 5) is 22.2. The molecule has 1 amide bonds. The molecule has 0 spiro atoms. The molecule has 2 aromatic carbocycles. The van der Waals surface area contributed by atoms with Gasteiger partial charge in [0.2, 0.25) is 5.91 Å². The third kappa shape index (κ3) is 4.32. The van der Waals surface area contributed by atoms with Gasteiger partial charge in [0.1, 0.15) is 6.54 Å². The van der Waals surface area contributed by atoms with Crippen molar-refractivity contribution < 1.29 is 18.1 Å². The van der Waals surface area contributed by atoms with Crippen molar-refractivity contribution >= 4 is 27.3 Å². The number of hydrogen-bond acceptors (Lipinski definition) is 5. The quantitative estimate of drug-likeness (QED) is 0.597. The zero-order valence-corrected chi connectivity index (χ0v) is 14.3. The maximum atomic E-state index is 12.9. The van der Waals surface area contributed by atoms with Crippen molar-refractivity contribution in [2.45, 2.75) is 11.8 Å². The second-order valence-corrected chi connectivity index (χ2v) is 6.91. The highest BCUT2D eigenvalue weighted by molar-refractivity contribution is 7.92. The Balaban J connectivity index is 2.46. The Kier molecular flexibility index (Phi) is 5.71. The predicted octanol–water partition coefficient (Wildman–Crippen LogP) is 1.93. The van der Waals surface area contributed by atoms with Gasteiger partial charge in [0, 0.05) is 18.7 Å². The Hall–Kier alpha value is -2.94. The summed E-state index contributed by atoms with van der Waals surface area (Å²) in [6.07, 6.45) is 0. The van der Waals surface area contributed by atoms with E-state index >= 15 is 0 Å². The first-order valence-corrected chi connectivity index (χ1v) is 8.89. The van der Waals surface area contributed by atoms with Crippen LogP contribution in [0, 0.1) is 10.1 Å². The van der Waals surface area contributed by atoms with E-state index in [4.69, 9.17) is 0 Å². The van der Waals surface area contributed by atoms with Gasteiger partial charge in [-0.1, -0.05) is 18.2 Å². The highest BCUT2D eigenvalue weighted by Gasteiger charge is 2.27. The molecular weight excluding hydrogens is 346 g/mol. The molecule has 0 aliphatic rings. The van der Waals surface area contributed by atoms with Crippen molar-refractivity contribution in [3.8, 4) is 0 Å². The van der Waals surface area contributed by atoms with Crippen LogP contribution >= 0.6 is 0 Å². The number of anilines is 1. The van der Waals surface area contributed by atoms with Gasteiger partial charge in [-0.05, 0) is 31.2 Å². The SMILES string of the molecule is CCNC(=O)CN(c1ccc([N+](=O)[O-])cc1)S(=O)(=O)c1ccccc1. The minimum Gasteiger partial charge on any atom is -0.355 e. The second-order valence-electron chi connectivity index (χ2n) is 5.05. The third-order valence-corrected chi connectivity index (χ3v) is 5.13. The summed E-state index contributed by atoms with van der Waals surface area (Å²) in [5.41, 5.74) is -0.000440. The maximum absolute atomic E-state index is 12.9. The number of benzene rings is 2. The number of non-ortho nitro benzene ring substituents is 1. The molecule has 25 heavy (non-hydrogen) atoms. The maximum Gasteiger partial charge on any atom is 0.269 e. The van der Waals surface area contributed by atoms with Crippen LogP contribution < -0.4 is 9.62 Å². The predicted molar refractivity (Wildman–Crippen MR) is 92.8 cm³/mol. The number of carbonyl (C=O) groups excluding carboxylic acids is 1. The normalized spacial score (nSPS) is 10.9. The number of nitrogens with one attached hydrogen (secondary N) is 1. The molecule has 2 aromatic rings. The topological polar surface area (TPSA) is 110 Å². The Morgan fingerprint density at radius 2 is 1.72 bits per heavy atom. The van der Waals surface area contributed by atoms with Crippen LogP contribution in [-0.4, -0.2) is 32.3 Å². The highest BCUT2D eigenvalue weighted by atomic mass is 32.2. The molecule has 2 rings (SSSR count). The fourth-order valence-electron chi connectivity index (χ4n) is 2.16. The lowest BCUT2D eigenvalue weighted by Crippen LogP contribution is -2.40. The molecule has 0 radical (unpaired) electrons. The van der Waals surface area contributed by atoms with Gasteiger partial charge in [-0.3, -0.25) is 19.2 Å². The largest absolute Gasteiger partial charge is 0.355 e.